The number of methoxy groups -OCH3 is 1. The lowest BCUT2D eigenvalue weighted by Crippen LogP contribution is -2.60. The molecule has 15 nitrogen and oxygen atoms in total. The molecule has 3 heterocycles. The van der Waals surface area contributed by atoms with E-state index in [1.807, 2.05) is 46.7 Å². The number of amides is 2. The van der Waals surface area contributed by atoms with Gasteiger partial charge in [-0.3, -0.25) is 14.4 Å². The maximum absolute atomic E-state index is 14.1. The van der Waals surface area contributed by atoms with Crippen LogP contribution in [-0.2, 0) is 38.1 Å². The van der Waals surface area contributed by atoms with Crippen LogP contribution < -0.4 is 21.7 Å². The predicted molar refractivity (Wildman–Crippen MR) is 176 cm³/mol. The molecule has 3 fully saturated rings. The zero-order valence-electron chi connectivity index (χ0n) is 30.2. The number of hydrogen-bond donors (Lipinski definition) is 5. The first-order valence-electron chi connectivity index (χ1n) is 17.0. The number of primary amides is 1. The van der Waals surface area contributed by atoms with Gasteiger partial charge in [0.05, 0.1) is 30.4 Å². The quantitative estimate of drug-likeness (QED) is 0.164. The summed E-state index contributed by atoms with van der Waals surface area (Å²) >= 11 is 0. The minimum Gasteiger partial charge on any atom is -0.458 e. The maximum atomic E-state index is 14.1. The average molecular weight is 686 g/mol. The summed E-state index contributed by atoms with van der Waals surface area (Å²) in [5, 5.41) is 20.9. The minimum atomic E-state index is -1.19. The summed E-state index contributed by atoms with van der Waals surface area (Å²) in [5.41, 5.74) is 3.04. The van der Waals surface area contributed by atoms with Gasteiger partial charge in [-0.05, 0) is 73.5 Å². The molecule has 0 bridgehead atoms. The second kappa shape index (κ2) is 16.5. The van der Waals surface area contributed by atoms with Gasteiger partial charge in [0, 0.05) is 31.7 Å². The van der Waals surface area contributed by atoms with Gasteiger partial charge >= 0.3 is 12.1 Å². The van der Waals surface area contributed by atoms with Crippen molar-refractivity contribution < 1.29 is 48.0 Å². The van der Waals surface area contributed by atoms with Gasteiger partial charge in [-0.15, -0.1) is 0 Å². The van der Waals surface area contributed by atoms with Crippen LogP contribution in [0.15, 0.2) is 0 Å². The second-order valence-corrected chi connectivity index (χ2v) is 14.5. The molecule has 3 aliphatic rings. The molecule has 0 aromatic carbocycles. The number of aliphatic hydroxyl groups excluding tert-OH is 1. The highest BCUT2D eigenvalue weighted by atomic mass is 16.7. The van der Waals surface area contributed by atoms with Crippen LogP contribution in [0.3, 0.4) is 0 Å². The van der Waals surface area contributed by atoms with E-state index in [1.54, 1.807) is 21.0 Å². The first kappa shape index (κ1) is 40.0. The number of Topliss-reactive ketones (excluding diaryl/α,β-unsaturated/α-hetero) is 1. The van der Waals surface area contributed by atoms with Crippen molar-refractivity contribution in [2.24, 2.45) is 23.5 Å². The third kappa shape index (κ3) is 9.03. The molecule has 6 N–H and O–H groups in total. The van der Waals surface area contributed by atoms with Crippen molar-refractivity contribution in [3.8, 4) is 0 Å². The topological polar surface area (TPSA) is 200 Å². The lowest BCUT2D eigenvalue weighted by molar-refractivity contribution is -0.297. The second-order valence-electron chi connectivity index (χ2n) is 14.5. The fraction of sp³-hybridized carbons (Fsp3) is 0.879. The molecule has 13 atom stereocenters. The fourth-order valence-electron chi connectivity index (χ4n) is 7.51. The average Bonchev–Trinajstić information content (AvgIpc) is 3.34. The number of carbonyl (C=O) groups is 4. The lowest BCUT2D eigenvalue weighted by Gasteiger charge is -2.47. The number of ketones is 1. The number of fused-ring (bicyclic) bond motifs is 1. The number of hydrogen-bond acceptors (Lipinski definition) is 13. The van der Waals surface area contributed by atoms with E-state index in [2.05, 4.69) is 16.0 Å². The third-order valence-corrected chi connectivity index (χ3v) is 10.4. The maximum Gasteiger partial charge on any atom is 0.408 e. The Hall–Kier alpha value is -2.40. The SMILES string of the molecule is CC[C@H]1OC(=O)C(C)C(=O)[C@H](C)[C@@H](OC2OC(CNCC(N)=O)CC(N(C)C)C2O)[C@](C)(OC)C[C@@H](C)CN[C@H](C)[C@H]2NC(=O)O[C@@]21C. The Bertz CT molecular complexity index is 1140. The minimum absolute atomic E-state index is 0.0186. The summed E-state index contributed by atoms with van der Waals surface area (Å²) in [6.07, 6.45) is -3.85. The number of nitrogens with two attached hydrogens (primary N) is 1. The molecule has 0 aromatic heterocycles. The Kier molecular flexibility index (Phi) is 13.8. The molecule has 48 heavy (non-hydrogen) atoms. The van der Waals surface area contributed by atoms with Crippen LogP contribution in [0.2, 0.25) is 0 Å². The number of esters is 1. The molecule has 0 spiro atoms. The zero-order valence-corrected chi connectivity index (χ0v) is 30.2. The first-order chi connectivity index (χ1) is 22.4. The number of nitrogens with zero attached hydrogens (tertiary/aromatic N) is 1. The van der Waals surface area contributed by atoms with Gasteiger partial charge < -0.3 is 55.4 Å². The molecule has 276 valence electrons. The van der Waals surface area contributed by atoms with Gasteiger partial charge in [0.25, 0.3) is 0 Å². The molecule has 0 radical (unpaired) electrons. The number of aliphatic hydroxyl groups is 1. The molecule has 0 saturated carbocycles. The Morgan fingerprint density at radius 3 is 2.42 bits per heavy atom. The predicted octanol–water partition coefficient (Wildman–Crippen LogP) is 0.306. The van der Waals surface area contributed by atoms with E-state index in [0.29, 0.717) is 25.8 Å². The molecule has 3 rings (SSSR count). The normalized spacial score (nSPS) is 41.8. The van der Waals surface area contributed by atoms with Crippen molar-refractivity contribution in [2.75, 3.05) is 40.8 Å². The van der Waals surface area contributed by atoms with Crippen molar-refractivity contribution >= 4 is 23.8 Å². The van der Waals surface area contributed by atoms with Crippen LogP contribution in [0.4, 0.5) is 4.79 Å². The van der Waals surface area contributed by atoms with Crippen molar-refractivity contribution in [2.45, 2.75) is 128 Å². The number of nitrogens with one attached hydrogen (secondary N) is 3. The summed E-state index contributed by atoms with van der Waals surface area (Å²) in [4.78, 5) is 53.4. The van der Waals surface area contributed by atoms with E-state index in [0.717, 1.165) is 0 Å². The Labute approximate surface area is 284 Å². The molecule has 5 unspecified atom stereocenters. The van der Waals surface area contributed by atoms with Gasteiger partial charge in [-0.1, -0.05) is 20.8 Å². The molecular weight excluding hydrogens is 626 g/mol. The smallest absolute Gasteiger partial charge is 0.408 e. The summed E-state index contributed by atoms with van der Waals surface area (Å²) < 4.78 is 30.7. The van der Waals surface area contributed by atoms with Crippen LogP contribution in [0.1, 0.15) is 67.7 Å². The van der Waals surface area contributed by atoms with Crippen molar-refractivity contribution in [1.82, 2.24) is 20.9 Å². The van der Waals surface area contributed by atoms with Gasteiger partial charge in [0.15, 0.2) is 17.7 Å². The number of carbonyl (C=O) groups excluding carboxylic acids is 4. The Morgan fingerprint density at radius 2 is 1.83 bits per heavy atom. The standard InChI is InChI=1S/C33H59N5O10/c1-11-23-33(7)27(37-31(43)48-33)20(5)36-14-17(2)13-32(6,44-10)28(18(3)25(40)19(4)29(42)46-23)47-30-26(41)22(38(8)9)12-21(45-30)15-35-16-24(34)39/h17-23,26-28,30,35-36,41H,11-16H2,1-10H3,(H2,34,39)(H,37,43)/t17-,18+,19?,20-,21?,22?,23-,26?,27-,28-,30?,32-,33-/m1/s1. The fourth-order valence-corrected chi connectivity index (χ4v) is 7.51. The lowest BCUT2D eigenvalue weighted by atomic mass is 9.78. The summed E-state index contributed by atoms with van der Waals surface area (Å²) in [7, 11) is 5.23. The largest absolute Gasteiger partial charge is 0.458 e. The van der Waals surface area contributed by atoms with Crippen LogP contribution in [0.5, 0.6) is 0 Å². The Balaban J connectivity index is 2.00. The molecule has 0 aliphatic carbocycles. The zero-order chi connectivity index (χ0) is 36.1. The monoisotopic (exact) mass is 685 g/mol. The van der Waals surface area contributed by atoms with Gasteiger partial charge in [0.2, 0.25) is 5.91 Å². The Morgan fingerprint density at radius 1 is 1.17 bits per heavy atom. The molecule has 0 aromatic rings. The summed E-state index contributed by atoms with van der Waals surface area (Å²) in [6, 6.07) is -1.15. The van der Waals surface area contributed by atoms with E-state index in [-0.39, 0.29) is 31.1 Å². The first-order valence-corrected chi connectivity index (χ1v) is 17.0. The number of ether oxygens (including phenoxy) is 5. The van der Waals surface area contributed by atoms with E-state index in [1.165, 1.54) is 6.92 Å². The summed E-state index contributed by atoms with van der Waals surface area (Å²) in [5.74, 6) is -3.80. The van der Waals surface area contributed by atoms with Crippen LogP contribution >= 0.6 is 0 Å². The molecule has 15 heteroatoms. The van der Waals surface area contributed by atoms with E-state index in [9.17, 15) is 24.3 Å². The van der Waals surface area contributed by atoms with E-state index >= 15 is 0 Å². The number of rotatable bonds is 9. The number of cyclic esters (lactones) is 1. The number of alkyl carbamates (subject to hydrolysis) is 1. The van der Waals surface area contributed by atoms with Crippen LogP contribution in [0.25, 0.3) is 0 Å². The highest BCUT2D eigenvalue weighted by Crippen LogP contribution is 2.37. The van der Waals surface area contributed by atoms with Crippen LogP contribution in [-0.4, -0.2) is 135 Å². The van der Waals surface area contributed by atoms with E-state index < -0.39 is 83.5 Å². The summed E-state index contributed by atoms with van der Waals surface area (Å²) in [6.45, 7) is 13.3. The number of likely N-dealkylation sites (N-methyl/N-ethyl adjacent to an activating group) is 1. The van der Waals surface area contributed by atoms with Crippen molar-refractivity contribution in [1.29, 1.82) is 0 Å². The molecule has 3 saturated heterocycles. The van der Waals surface area contributed by atoms with Gasteiger partial charge in [0.1, 0.15) is 18.1 Å². The molecule has 2 amide bonds. The van der Waals surface area contributed by atoms with Crippen molar-refractivity contribution in [3.05, 3.63) is 0 Å². The van der Waals surface area contributed by atoms with Gasteiger partial charge in [-0.2, -0.15) is 0 Å². The van der Waals surface area contributed by atoms with Gasteiger partial charge in [-0.25, -0.2) is 4.79 Å². The highest BCUT2D eigenvalue weighted by molar-refractivity contribution is 6.00. The third-order valence-electron chi connectivity index (χ3n) is 10.4. The highest BCUT2D eigenvalue weighted by Gasteiger charge is 2.55. The molecule has 3 aliphatic heterocycles. The molecular formula is C33H59N5O10. The van der Waals surface area contributed by atoms with Crippen LogP contribution in [0, 0.1) is 17.8 Å². The van der Waals surface area contributed by atoms with Crippen molar-refractivity contribution in [3.63, 3.8) is 0 Å². The van der Waals surface area contributed by atoms with E-state index in [4.69, 9.17) is 29.4 Å².